The molecule has 0 aliphatic rings. The molecule has 0 aliphatic carbocycles. The molecular formula is C50H71N17O5. The van der Waals surface area contributed by atoms with Gasteiger partial charge in [-0.3, -0.25) is 44.1 Å². The number of benzene rings is 4. The number of hydrogen-bond donors (Lipinski definition) is 2. The van der Waals surface area contributed by atoms with Crippen molar-refractivity contribution >= 4 is 46.4 Å². The summed E-state index contributed by atoms with van der Waals surface area (Å²) in [4.78, 5) is 64.4. The average molecular weight is 990 g/mol. The molecule has 3 N–H and O–H groups in total. The van der Waals surface area contributed by atoms with Gasteiger partial charge in [0.25, 0.3) is 0 Å². The third-order valence-corrected chi connectivity index (χ3v) is 11.5. The van der Waals surface area contributed by atoms with Crippen LogP contribution < -0.4 is 5.73 Å². The highest BCUT2D eigenvalue weighted by Gasteiger charge is 2.40. The van der Waals surface area contributed by atoms with E-state index in [1.165, 1.54) is 28.8 Å². The first-order valence-electron chi connectivity index (χ1n) is 23.3. The Morgan fingerprint density at radius 2 is 0.625 bits per heavy atom. The number of likely N-dealkylation sites (N-methyl/N-ethyl adjacent to an activating group) is 4. The summed E-state index contributed by atoms with van der Waals surface area (Å²) in [7, 11) is 20.2. The number of hydrogen-bond acceptors (Lipinski definition) is 14. The zero-order valence-corrected chi connectivity index (χ0v) is 43.8. The van der Waals surface area contributed by atoms with E-state index in [1.54, 1.807) is 187 Å². The van der Waals surface area contributed by atoms with Gasteiger partial charge in [0, 0.05) is 96.8 Å². The Hall–Kier alpha value is -7.72. The van der Waals surface area contributed by atoms with Crippen molar-refractivity contribution in [2.24, 2.45) is 47.1 Å². The number of carbonyl (C=O) groups is 4. The van der Waals surface area contributed by atoms with Crippen molar-refractivity contribution in [1.82, 2.24) is 39.6 Å². The number of nitrogens with two attached hydrogens (primary N) is 1. The molecular weight excluding hydrogens is 919 g/mol. The van der Waals surface area contributed by atoms with E-state index in [-0.39, 0.29) is 25.7 Å². The van der Waals surface area contributed by atoms with E-state index in [0.717, 1.165) is 5.56 Å². The zero-order chi connectivity index (χ0) is 53.2. The molecule has 4 amide bonds. The molecule has 4 rings (SSSR count). The van der Waals surface area contributed by atoms with Crippen LogP contribution in [0.15, 0.2) is 138 Å². The van der Waals surface area contributed by atoms with Crippen LogP contribution in [0.4, 0.5) is 22.7 Å². The minimum atomic E-state index is -1.20. The van der Waals surface area contributed by atoms with Crippen LogP contribution in [-0.4, -0.2) is 183 Å². The predicted octanol–water partition coefficient (Wildman–Crippen LogP) is 5.80. The Kier molecular flexibility index (Phi) is 21.4. The third-order valence-electron chi connectivity index (χ3n) is 11.5. The largest absolute Gasteiger partial charge is 0.379 e. The number of carbonyl (C=O) groups excluding carboxylic acids is 4. The number of amides is 4. The molecule has 0 fully saturated rings. The van der Waals surface area contributed by atoms with Crippen LogP contribution >= 0.6 is 0 Å². The van der Waals surface area contributed by atoms with Crippen molar-refractivity contribution in [2.75, 3.05) is 84.6 Å². The molecule has 22 heteroatoms. The Balaban J connectivity index is 1.80. The van der Waals surface area contributed by atoms with Crippen molar-refractivity contribution < 1.29 is 24.3 Å². The summed E-state index contributed by atoms with van der Waals surface area (Å²) in [5, 5.41) is 50.3. The van der Waals surface area contributed by atoms with E-state index >= 15 is 14.4 Å². The van der Waals surface area contributed by atoms with E-state index in [2.05, 4.69) is 41.4 Å². The maximum absolute atomic E-state index is 15.4. The lowest BCUT2D eigenvalue weighted by Crippen LogP contribution is -2.60. The second-order valence-electron chi connectivity index (χ2n) is 18.2. The van der Waals surface area contributed by atoms with E-state index < -0.39 is 54.0 Å². The van der Waals surface area contributed by atoms with Crippen LogP contribution in [0.3, 0.4) is 0 Å². The van der Waals surface area contributed by atoms with Gasteiger partial charge in [0.15, 0.2) is 0 Å². The maximum Gasteiger partial charge on any atom is 0.246 e. The summed E-state index contributed by atoms with van der Waals surface area (Å²) in [6.07, 6.45) is -0.751. The monoisotopic (exact) mass is 990 g/mol. The van der Waals surface area contributed by atoms with E-state index in [9.17, 15) is 9.90 Å². The van der Waals surface area contributed by atoms with Gasteiger partial charge in [-0.25, -0.2) is 0 Å². The van der Waals surface area contributed by atoms with Gasteiger partial charge >= 0.3 is 0 Å². The van der Waals surface area contributed by atoms with Gasteiger partial charge in [-0.05, 0) is 91.2 Å². The lowest BCUT2D eigenvalue weighted by atomic mass is 9.97. The fourth-order valence-electron chi connectivity index (χ4n) is 7.29. The van der Waals surface area contributed by atoms with Crippen LogP contribution in [-0.2, 0) is 44.9 Å². The molecule has 0 radical (unpaired) electrons. The molecule has 4 aromatic rings. The number of primary amides is 1. The first-order valence-corrected chi connectivity index (χ1v) is 23.3. The molecule has 0 heterocycles. The van der Waals surface area contributed by atoms with Crippen molar-refractivity contribution in [1.29, 1.82) is 0 Å². The Bertz CT molecular complexity index is 2500. The summed E-state index contributed by atoms with van der Waals surface area (Å²) in [5.74, 6) is -2.32. The first-order chi connectivity index (χ1) is 34.0. The highest BCUT2D eigenvalue weighted by Crippen LogP contribution is 2.25. The summed E-state index contributed by atoms with van der Waals surface area (Å²) in [5.41, 5.74) is 11.2. The van der Waals surface area contributed by atoms with Gasteiger partial charge in [-0.1, -0.05) is 69.4 Å². The average Bonchev–Trinajstić information content (AvgIpc) is 3.35. The predicted molar refractivity (Wildman–Crippen MR) is 275 cm³/mol. The number of rotatable bonds is 25. The fraction of sp³-hybridized carbons (Fsp3) is 0.440. The number of aliphatic hydroxyl groups excluding tert-OH is 1. The standard InChI is InChI=1S/C50H71N17O5/c1-34(68)64(10)44(31-36-16-24-40(25-17-36)53-57-61(4)5)48(70)66(12)46(33-38-20-28-42(29-21-38)55-59-63(8)9)50(72)67(13)45(32-37-18-26-41(27-19-37)54-58-62(6)7)49(71)65(11)43(47(51)69)30-35-14-22-39(23-15-35)52-56-60(2)3/h14-29,34,43-46,68H,30-33H2,1-13H3,(H2,51,69)/b56-52+,57-53+,58-54+,59-55+/t34?,43-,44+,45+,46-/m0/s1. The second kappa shape index (κ2) is 27.0. The van der Waals surface area contributed by atoms with Crippen LogP contribution in [0.5, 0.6) is 0 Å². The maximum atomic E-state index is 15.4. The molecule has 0 aromatic heterocycles. The summed E-state index contributed by atoms with van der Waals surface area (Å²) < 4.78 is 0. The summed E-state index contributed by atoms with van der Waals surface area (Å²) in [6.45, 7) is 1.56. The molecule has 4 aromatic carbocycles. The van der Waals surface area contributed by atoms with Gasteiger partial charge < -0.3 is 25.5 Å². The molecule has 5 atom stereocenters. The molecule has 0 aliphatic heterocycles. The van der Waals surface area contributed by atoms with E-state index in [1.807, 2.05) is 12.1 Å². The Morgan fingerprint density at radius 3 is 0.861 bits per heavy atom. The topological polar surface area (TPSA) is 239 Å². The molecule has 0 saturated heterocycles. The fourth-order valence-corrected chi connectivity index (χ4v) is 7.29. The molecule has 0 saturated carbocycles. The van der Waals surface area contributed by atoms with Gasteiger partial charge in [0.2, 0.25) is 23.6 Å². The SMILES string of the molecule is CC(O)N(C)[C@H](Cc1ccc(/N=N/N(C)C)cc1)C(=O)N(C)[C@@H](Cc1ccc(/N=N/N(C)C)cc1)C(=O)N(C)[C@H](Cc1ccc(/N=N/N(C)C)cc1)C(=O)N(C)[C@@H](Cc1ccc(/N=N/N(C)C)cc1)C(N)=O. The van der Waals surface area contributed by atoms with Crippen LogP contribution in [0.1, 0.15) is 29.2 Å². The first kappa shape index (κ1) is 56.9. The van der Waals surface area contributed by atoms with E-state index in [4.69, 9.17) is 5.73 Å². The van der Waals surface area contributed by atoms with Crippen molar-refractivity contribution in [3.05, 3.63) is 119 Å². The van der Waals surface area contributed by atoms with Gasteiger partial charge in [-0.15, -0.1) is 20.5 Å². The summed E-state index contributed by atoms with van der Waals surface area (Å²) >= 11 is 0. The quantitative estimate of drug-likeness (QED) is 0.0459. The van der Waals surface area contributed by atoms with Crippen molar-refractivity contribution in [3.8, 4) is 0 Å². The number of nitrogens with zero attached hydrogens (tertiary/aromatic N) is 16. The number of aliphatic hydroxyl groups is 1. The lowest BCUT2D eigenvalue weighted by molar-refractivity contribution is -0.153. The molecule has 0 bridgehead atoms. The normalized spacial score (nSPS) is 13.8. The third kappa shape index (κ3) is 17.3. The Labute approximate surface area is 423 Å². The van der Waals surface area contributed by atoms with Crippen LogP contribution in [0, 0.1) is 0 Å². The molecule has 386 valence electrons. The smallest absolute Gasteiger partial charge is 0.246 e. The molecule has 1 unspecified atom stereocenters. The molecule has 72 heavy (non-hydrogen) atoms. The van der Waals surface area contributed by atoms with Gasteiger partial charge in [0.1, 0.15) is 24.4 Å². The van der Waals surface area contributed by atoms with Gasteiger partial charge in [-0.2, -0.15) is 0 Å². The summed E-state index contributed by atoms with van der Waals surface area (Å²) in [6, 6.07) is 24.1. The minimum absolute atomic E-state index is 0.0149. The zero-order valence-electron chi connectivity index (χ0n) is 43.8. The van der Waals surface area contributed by atoms with Crippen molar-refractivity contribution in [2.45, 2.75) is 63.0 Å². The highest BCUT2D eigenvalue weighted by atomic mass is 16.3. The second-order valence-corrected chi connectivity index (χ2v) is 18.2. The van der Waals surface area contributed by atoms with Crippen LogP contribution in [0.2, 0.25) is 0 Å². The highest BCUT2D eigenvalue weighted by molar-refractivity contribution is 5.95. The lowest BCUT2D eigenvalue weighted by Gasteiger charge is -2.39. The minimum Gasteiger partial charge on any atom is -0.379 e. The van der Waals surface area contributed by atoms with Crippen LogP contribution in [0.25, 0.3) is 0 Å². The van der Waals surface area contributed by atoms with E-state index in [0.29, 0.717) is 39.4 Å². The van der Waals surface area contributed by atoms with Crippen molar-refractivity contribution in [3.63, 3.8) is 0 Å². The molecule has 22 nitrogen and oxygen atoms in total. The molecule has 0 spiro atoms. The Morgan fingerprint density at radius 1 is 0.403 bits per heavy atom. The van der Waals surface area contributed by atoms with Gasteiger partial charge in [0.05, 0.1) is 28.8 Å².